The van der Waals surface area contributed by atoms with Gasteiger partial charge in [0.05, 0.1) is 12.6 Å². The molecule has 0 radical (unpaired) electrons. The van der Waals surface area contributed by atoms with E-state index in [-0.39, 0.29) is 18.6 Å². The Morgan fingerprint density at radius 3 is 2.95 bits per heavy atom. The van der Waals surface area contributed by atoms with E-state index in [0.29, 0.717) is 18.3 Å². The first-order valence-electron chi connectivity index (χ1n) is 6.32. The fourth-order valence-electron chi connectivity index (χ4n) is 1.89. The predicted molar refractivity (Wildman–Crippen MR) is 76.8 cm³/mol. The third-order valence-corrected chi connectivity index (χ3v) is 3.54. The maximum absolute atomic E-state index is 11.8. The zero-order valence-corrected chi connectivity index (χ0v) is 12.4. The van der Waals surface area contributed by atoms with E-state index in [1.807, 2.05) is 18.0 Å². The number of hydrogen-bond acceptors (Lipinski definition) is 4. The van der Waals surface area contributed by atoms with Crippen LogP contribution in [0.2, 0.25) is 0 Å². The summed E-state index contributed by atoms with van der Waals surface area (Å²) in [5.41, 5.74) is 0. The number of aromatic nitrogens is 1. The molecule has 1 aliphatic carbocycles. The van der Waals surface area contributed by atoms with Crippen molar-refractivity contribution in [2.24, 2.45) is 5.92 Å². The van der Waals surface area contributed by atoms with Crippen LogP contribution in [0.15, 0.2) is 22.8 Å². The summed E-state index contributed by atoms with van der Waals surface area (Å²) in [4.78, 5) is 17.7. The molecule has 19 heavy (non-hydrogen) atoms. The number of hydrogen-bond donors (Lipinski definition) is 2. The van der Waals surface area contributed by atoms with Crippen LogP contribution in [0.4, 0.5) is 5.82 Å². The van der Waals surface area contributed by atoms with Crippen LogP contribution in [-0.2, 0) is 4.79 Å². The van der Waals surface area contributed by atoms with Gasteiger partial charge in [-0.2, -0.15) is 0 Å². The Morgan fingerprint density at radius 2 is 2.37 bits per heavy atom. The normalized spacial score (nSPS) is 16.4. The smallest absolute Gasteiger partial charge is 0.239 e. The Bertz CT molecular complexity index is 434. The van der Waals surface area contributed by atoms with Crippen molar-refractivity contribution < 1.29 is 9.90 Å². The molecule has 1 unspecified atom stereocenters. The molecule has 0 saturated heterocycles. The Hall–Kier alpha value is -0.980. The third kappa shape index (κ3) is 4.89. The average Bonchev–Trinajstić information content (AvgIpc) is 3.15. The Balaban J connectivity index is 1.75. The number of nitrogens with zero attached hydrogens (tertiary/aromatic N) is 2. The molecule has 2 N–H and O–H groups in total. The summed E-state index contributed by atoms with van der Waals surface area (Å²) in [6, 6.07) is 3.56. The summed E-state index contributed by atoms with van der Waals surface area (Å²) in [5, 5.41) is 12.5. The van der Waals surface area contributed by atoms with Crippen molar-refractivity contribution in [3.05, 3.63) is 22.8 Å². The lowest BCUT2D eigenvalue weighted by molar-refractivity contribution is -0.117. The van der Waals surface area contributed by atoms with Gasteiger partial charge in [-0.25, -0.2) is 4.98 Å². The van der Waals surface area contributed by atoms with Gasteiger partial charge in [0.2, 0.25) is 5.91 Å². The van der Waals surface area contributed by atoms with Crippen LogP contribution in [0.5, 0.6) is 0 Å². The van der Waals surface area contributed by atoms with Crippen molar-refractivity contribution >= 4 is 27.7 Å². The minimum atomic E-state index is -0.316. The molecule has 0 bridgehead atoms. The van der Waals surface area contributed by atoms with Crippen molar-refractivity contribution in [2.45, 2.75) is 18.9 Å². The number of anilines is 1. The topological polar surface area (TPSA) is 65.5 Å². The van der Waals surface area contributed by atoms with E-state index in [9.17, 15) is 9.90 Å². The summed E-state index contributed by atoms with van der Waals surface area (Å²) < 4.78 is 0.871. The first-order chi connectivity index (χ1) is 9.04. The van der Waals surface area contributed by atoms with Gasteiger partial charge < -0.3 is 10.4 Å². The first-order valence-corrected chi connectivity index (χ1v) is 7.12. The fraction of sp³-hybridized carbons (Fsp3) is 0.538. The molecule has 1 aromatic rings. The van der Waals surface area contributed by atoms with E-state index >= 15 is 0 Å². The van der Waals surface area contributed by atoms with Crippen LogP contribution < -0.4 is 5.32 Å². The van der Waals surface area contributed by atoms with Gasteiger partial charge >= 0.3 is 0 Å². The summed E-state index contributed by atoms with van der Waals surface area (Å²) in [6.45, 7) is 0.785. The summed E-state index contributed by atoms with van der Waals surface area (Å²) in [5.74, 6) is 0.836. The molecule has 1 fully saturated rings. The lowest BCUT2D eigenvalue weighted by atomic mass is 10.2. The second kappa shape index (κ2) is 6.45. The maximum atomic E-state index is 11.8. The molecule has 0 aliphatic heterocycles. The zero-order valence-electron chi connectivity index (χ0n) is 10.8. The van der Waals surface area contributed by atoms with Crippen LogP contribution in [-0.4, -0.2) is 47.1 Å². The molecule has 104 valence electrons. The number of halogens is 1. The van der Waals surface area contributed by atoms with Crippen LogP contribution in [0.1, 0.15) is 12.8 Å². The molecule has 5 nitrogen and oxygen atoms in total. The number of carbonyl (C=O) groups excluding carboxylic acids is 1. The Kier molecular flexibility index (Phi) is 4.90. The van der Waals surface area contributed by atoms with Gasteiger partial charge in [-0.3, -0.25) is 9.69 Å². The SMILES string of the molecule is CN(CC(=O)Nc1ccc(Br)cn1)CC(O)C1CC1. The number of amides is 1. The van der Waals surface area contributed by atoms with Gasteiger partial charge in [0.1, 0.15) is 5.82 Å². The van der Waals surface area contributed by atoms with Crippen LogP contribution in [0.3, 0.4) is 0 Å². The van der Waals surface area contributed by atoms with Gasteiger partial charge in [-0.1, -0.05) is 0 Å². The summed E-state index contributed by atoms with van der Waals surface area (Å²) >= 11 is 3.29. The van der Waals surface area contributed by atoms with E-state index in [2.05, 4.69) is 26.2 Å². The van der Waals surface area contributed by atoms with E-state index in [4.69, 9.17) is 0 Å². The van der Waals surface area contributed by atoms with Gasteiger partial charge in [0.15, 0.2) is 0 Å². The van der Waals surface area contributed by atoms with Gasteiger partial charge in [-0.15, -0.1) is 0 Å². The van der Waals surface area contributed by atoms with E-state index in [1.165, 1.54) is 0 Å². The molecular weight excluding hydrogens is 310 g/mol. The number of nitrogens with one attached hydrogen (secondary N) is 1. The first kappa shape index (κ1) is 14.4. The molecular formula is C13H18BrN3O2. The highest BCUT2D eigenvalue weighted by molar-refractivity contribution is 9.10. The molecule has 1 aliphatic rings. The van der Waals surface area contributed by atoms with Crippen LogP contribution in [0, 0.1) is 5.92 Å². The Morgan fingerprint density at radius 1 is 1.63 bits per heavy atom. The third-order valence-electron chi connectivity index (χ3n) is 3.07. The average molecular weight is 328 g/mol. The Labute approximate surface area is 121 Å². The number of aliphatic hydroxyl groups excluding tert-OH is 1. The fourth-order valence-corrected chi connectivity index (χ4v) is 2.13. The minimum Gasteiger partial charge on any atom is -0.392 e. The number of pyridine rings is 1. The number of aliphatic hydroxyl groups is 1. The molecule has 2 rings (SSSR count). The quantitative estimate of drug-likeness (QED) is 0.830. The van der Waals surface area contributed by atoms with Crippen molar-refractivity contribution in [3.8, 4) is 0 Å². The monoisotopic (exact) mass is 327 g/mol. The number of carbonyl (C=O) groups is 1. The lowest BCUT2D eigenvalue weighted by Crippen LogP contribution is -2.36. The van der Waals surface area contributed by atoms with Crippen molar-refractivity contribution in [3.63, 3.8) is 0 Å². The van der Waals surface area contributed by atoms with E-state index < -0.39 is 0 Å². The highest BCUT2D eigenvalue weighted by Gasteiger charge is 2.30. The van der Waals surface area contributed by atoms with Gasteiger partial charge in [-0.05, 0) is 53.9 Å². The second-order valence-corrected chi connectivity index (χ2v) is 5.93. The zero-order chi connectivity index (χ0) is 13.8. The van der Waals surface area contributed by atoms with Crippen molar-refractivity contribution in [1.82, 2.24) is 9.88 Å². The molecule has 6 heteroatoms. The molecule has 0 aromatic carbocycles. The van der Waals surface area contributed by atoms with Crippen molar-refractivity contribution in [1.29, 1.82) is 0 Å². The minimum absolute atomic E-state index is 0.125. The van der Waals surface area contributed by atoms with E-state index in [0.717, 1.165) is 17.3 Å². The van der Waals surface area contributed by atoms with Crippen LogP contribution >= 0.6 is 15.9 Å². The van der Waals surface area contributed by atoms with Crippen molar-refractivity contribution in [2.75, 3.05) is 25.5 Å². The van der Waals surface area contributed by atoms with Gasteiger partial charge in [0.25, 0.3) is 0 Å². The van der Waals surface area contributed by atoms with Crippen LogP contribution in [0.25, 0.3) is 0 Å². The molecule has 1 aromatic heterocycles. The standard InChI is InChI=1S/C13H18BrN3O2/c1-17(7-11(18)9-2-3-9)8-13(19)16-12-5-4-10(14)6-15-12/h4-6,9,11,18H,2-3,7-8H2,1H3,(H,15,16,19). The molecule has 1 amide bonds. The molecule has 1 atom stereocenters. The number of rotatable bonds is 6. The molecule has 0 spiro atoms. The van der Waals surface area contributed by atoms with Gasteiger partial charge in [0, 0.05) is 17.2 Å². The molecule has 1 saturated carbocycles. The largest absolute Gasteiger partial charge is 0.392 e. The predicted octanol–water partition coefficient (Wildman–Crippen LogP) is 1.49. The highest BCUT2D eigenvalue weighted by Crippen LogP contribution is 2.32. The highest BCUT2D eigenvalue weighted by atomic mass is 79.9. The van der Waals surface area contributed by atoms with E-state index in [1.54, 1.807) is 12.3 Å². The maximum Gasteiger partial charge on any atom is 0.239 e. The second-order valence-electron chi connectivity index (χ2n) is 5.01. The lowest BCUT2D eigenvalue weighted by Gasteiger charge is -2.19. The summed E-state index contributed by atoms with van der Waals surface area (Å²) in [6.07, 6.45) is 3.52. The summed E-state index contributed by atoms with van der Waals surface area (Å²) in [7, 11) is 1.83. The molecule has 1 heterocycles. The number of likely N-dealkylation sites (N-methyl/N-ethyl adjacent to an activating group) is 1.